The molecule has 0 aliphatic heterocycles. The molecule has 0 bridgehead atoms. The smallest absolute Gasteiger partial charge is 0.272 e. The molecule has 0 unspecified atom stereocenters. The zero-order chi connectivity index (χ0) is 20.4. The number of benzene rings is 2. The van der Waals surface area contributed by atoms with Gasteiger partial charge in [-0.25, -0.2) is 9.97 Å². The van der Waals surface area contributed by atoms with E-state index in [1.54, 1.807) is 19.2 Å². The van der Waals surface area contributed by atoms with Gasteiger partial charge in [-0.15, -0.1) is 0 Å². The van der Waals surface area contributed by atoms with Crippen molar-refractivity contribution in [3.8, 4) is 11.7 Å². The number of amides is 2. The highest BCUT2D eigenvalue weighted by Crippen LogP contribution is 2.17. The summed E-state index contributed by atoms with van der Waals surface area (Å²) in [5, 5.41) is 2.75. The summed E-state index contributed by atoms with van der Waals surface area (Å²) in [6.07, 6.45) is 1.35. The standard InChI is InChI=1S/C20H18N6O3/c1-29-13-8-6-12(7-9-13)10-22-19(28)16-17(18(21)27)26(11-23-16)20-24-14-4-2-3-5-15(14)25-20/h2-9,11H,10H2,1H3,(H2,21,27)(H,22,28)(H,24,25). The number of aromatic amines is 1. The number of carbonyl (C=O) groups is 2. The van der Waals surface area contributed by atoms with Gasteiger partial charge in [0.1, 0.15) is 17.8 Å². The van der Waals surface area contributed by atoms with Crippen LogP contribution in [-0.2, 0) is 6.54 Å². The Morgan fingerprint density at radius 2 is 1.93 bits per heavy atom. The van der Waals surface area contributed by atoms with Crippen LogP contribution in [0.25, 0.3) is 17.0 Å². The van der Waals surface area contributed by atoms with Crippen LogP contribution < -0.4 is 15.8 Å². The zero-order valence-corrected chi connectivity index (χ0v) is 15.5. The van der Waals surface area contributed by atoms with Crippen LogP contribution in [0.2, 0.25) is 0 Å². The largest absolute Gasteiger partial charge is 0.497 e. The van der Waals surface area contributed by atoms with E-state index in [0.29, 0.717) is 5.95 Å². The number of carbonyl (C=O) groups excluding carboxylic acids is 2. The molecule has 4 rings (SSSR count). The molecule has 29 heavy (non-hydrogen) atoms. The summed E-state index contributed by atoms with van der Waals surface area (Å²) in [6.45, 7) is 0.262. The highest BCUT2D eigenvalue weighted by Gasteiger charge is 2.24. The molecule has 0 fully saturated rings. The van der Waals surface area contributed by atoms with Crippen molar-refractivity contribution in [1.82, 2.24) is 24.8 Å². The predicted molar refractivity (Wildman–Crippen MR) is 106 cm³/mol. The van der Waals surface area contributed by atoms with E-state index >= 15 is 0 Å². The lowest BCUT2D eigenvalue weighted by Crippen LogP contribution is -2.27. The van der Waals surface area contributed by atoms with Gasteiger partial charge in [0.25, 0.3) is 11.8 Å². The van der Waals surface area contributed by atoms with Crippen molar-refractivity contribution >= 4 is 22.8 Å². The van der Waals surface area contributed by atoms with Crippen LogP contribution in [0.3, 0.4) is 0 Å². The Kier molecular flexibility index (Phi) is 4.70. The third-order valence-electron chi connectivity index (χ3n) is 4.43. The van der Waals surface area contributed by atoms with Gasteiger partial charge in [0.05, 0.1) is 18.1 Å². The first kappa shape index (κ1) is 18.2. The van der Waals surface area contributed by atoms with Crippen molar-refractivity contribution in [3.05, 3.63) is 71.8 Å². The second-order valence-electron chi connectivity index (χ2n) is 6.28. The van der Waals surface area contributed by atoms with Gasteiger partial charge in [-0.3, -0.25) is 14.2 Å². The van der Waals surface area contributed by atoms with Crippen LogP contribution in [0, 0.1) is 0 Å². The lowest BCUT2D eigenvalue weighted by atomic mass is 10.2. The number of aromatic nitrogens is 4. The number of H-pyrrole nitrogens is 1. The molecule has 146 valence electrons. The number of imidazole rings is 2. The zero-order valence-electron chi connectivity index (χ0n) is 15.5. The lowest BCUT2D eigenvalue weighted by Gasteiger charge is -2.07. The third-order valence-corrected chi connectivity index (χ3v) is 4.43. The summed E-state index contributed by atoms with van der Waals surface area (Å²) in [7, 11) is 1.58. The molecule has 9 nitrogen and oxygen atoms in total. The van der Waals surface area contributed by atoms with Crippen molar-refractivity contribution in [2.45, 2.75) is 6.54 Å². The highest BCUT2D eigenvalue weighted by atomic mass is 16.5. The van der Waals surface area contributed by atoms with E-state index in [9.17, 15) is 9.59 Å². The summed E-state index contributed by atoms with van der Waals surface area (Å²) >= 11 is 0. The summed E-state index contributed by atoms with van der Waals surface area (Å²) in [4.78, 5) is 36.3. The van der Waals surface area contributed by atoms with Gasteiger partial charge in [0, 0.05) is 6.54 Å². The van der Waals surface area contributed by atoms with E-state index in [1.165, 1.54) is 10.9 Å². The first-order valence-electron chi connectivity index (χ1n) is 8.80. The van der Waals surface area contributed by atoms with E-state index < -0.39 is 11.8 Å². The third kappa shape index (κ3) is 3.53. The number of para-hydroxylation sites is 2. The monoisotopic (exact) mass is 390 g/mol. The fourth-order valence-electron chi connectivity index (χ4n) is 2.97. The average Bonchev–Trinajstić information content (AvgIpc) is 3.36. The van der Waals surface area contributed by atoms with Gasteiger partial charge in [-0.05, 0) is 29.8 Å². The number of nitrogens with zero attached hydrogens (tertiary/aromatic N) is 3. The average molecular weight is 390 g/mol. The number of hydrogen-bond acceptors (Lipinski definition) is 5. The molecule has 9 heteroatoms. The molecule has 0 spiro atoms. The first-order chi connectivity index (χ1) is 14.1. The minimum Gasteiger partial charge on any atom is -0.497 e. The number of nitrogens with one attached hydrogen (secondary N) is 2. The number of hydrogen-bond donors (Lipinski definition) is 3. The second kappa shape index (κ2) is 7.47. The Morgan fingerprint density at radius 1 is 1.17 bits per heavy atom. The fourth-order valence-corrected chi connectivity index (χ4v) is 2.97. The van der Waals surface area contributed by atoms with Gasteiger partial charge in [0.15, 0.2) is 5.69 Å². The number of rotatable bonds is 6. The van der Waals surface area contributed by atoms with E-state index in [1.807, 2.05) is 36.4 Å². The fraction of sp³-hybridized carbons (Fsp3) is 0.100. The summed E-state index contributed by atoms with van der Waals surface area (Å²) in [5.74, 6) is -0.218. The Morgan fingerprint density at radius 3 is 2.62 bits per heavy atom. The minimum atomic E-state index is -0.780. The van der Waals surface area contributed by atoms with Gasteiger partial charge >= 0.3 is 0 Å². The number of nitrogens with two attached hydrogens (primary N) is 1. The Balaban J connectivity index is 1.60. The Hall–Kier alpha value is -4.14. The van der Waals surface area contributed by atoms with E-state index in [-0.39, 0.29) is 17.9 Å². The van der Waals surface area contributed by atoms with Crippen molar-refractivity contribution in [2.24, 2.45) is 5.73 Å². The van der Waals surface area contributed by atoms with Crippen molar-refractivity contribution < 1.29 is 14.3 Å². The summed E-state index contributed by atoms with van der Waals surface area (Å²) in [5.41, 5.74) is 7.80. The molecule has 0 atom stereocenters. The summed E-state index contributed by atoms with van der Waals surface area (Å²) in [6, 6.07) is 14.7. The second-order valence-corrected chi connectivity index (χ2v) is 6.28. The van der Waals surface area contributed by atoms with Crippen molar-refractivity contribution in [1.29, 1.82) is 0 Å². The van der Waals surface area contributed by atoms with E-state index in [0.717, 1.165) is 22.3 Å². The molecule has 0 aliphatic rings. The first-order valence-corrected chi connectivity index (χ1v) is 8.80. The number of ether oxygens (including phenoxy) is 1. The predicted octanol–water partition coefficient (Wildman–Crippen LogP) is 1.79. The maximum absolute atomic E-state index is 12.6. The van der Waals surface area contributed by atoms with Gasteiger partial charge in [-0.2, -0.15) is 0 Å². The molecule has 2 aromatic carbocycles. The lowest BCUT2D eigenvalue weighted by molar-refractivity contribution is 0.0928. The SMILES string of the molecule is COc1ccc(CNC(=O)c2ncn(-c3nc4ccccc4[nH]3)c2C(N)=O)cc1. The molecule has 0 radical (unpaired) electrons. The highest BCUT2D eigenvalue weighted by molar-refractivity contribution is 6.04. The molecule has 0 saturated heterocycles. The van der Waals surface area contributed by atoms with Gasteiger partial charge in [-0.1, -0.05) is 24.3 Å². The molecule has 4 N–H and O–H groups in total. The molecular formula is C20H18N6O3. The molecule has 4 aromatic rings. The van der Waals surface area contributed by atoms with Crippen molar-refractivity contribution in [3.63, 3.8) is 0 Å². The maximum Gasteiger partial charge on any atom is 0.272 e. The normalized spacial score (nSPS) is 10.8. The molecular weight excluding hydrogens is 372 g/mol. The topological polar surface area (TPSA) is 128 Å². The molecule has 2 aromatic heterocycles. The molecule has 0 saturated carbocycles. The van der Waals surface area contributed by atoms with Gasteiger partial charge in [0.2, 0.25) is 5.95 Å². The molecule has 2 heterocycles. The Bertz CT molecular complexity index is 1160. The van der Waals surface area contributed by atoms with Crippen LogP contribution >= 0.6 is 0 Å². The molecule has 0 aliphatic carbocycles. The van der Waals surface area contributed by atoms with Crippen LogP contribution in [0.4, 0.5) is 0 Å². The van der Waals surface area contributed by atoms with Gasteiger partial charge < -0.3 is 20.8 Å². The molecule has 2 amide bonds. The van der Waals surface area contributed by atoms with Crippen LogP contribution in [-0.4, -0.2) is 38.4 Å². The Labute approximate surface area is 165 Å². The minimum absolute atomic E-state index is 0.0451. The number of fused-ring (bicyclic) bond motifs is 1. The van der Waals surface area contributed by atoms with Crippen LogP contribution in [0.1, 0.15) is 26.5 Å². The van der Waals surface area contributed by atoms with Crippen molar-refractivity contribution in [2.75, 3.05) is 7.11 Å². The van der Waals surface area contributed by atoms with Crippen LogP contribution in [0.15, 0.2) is 54.9 Å². The quantitative estimate of drug-likeness (QED) is 0.462. The van der Waals surface area contributed by atoms with Crippen LogP contribution in [0.5, 0.6) is 5.75 Å². The number of primary amides is 1. The summed E-state index contributed by atoms with van der Waals surface area (Å²) < 4.78 is 6.49. The maximum atomic E-state index is 12.6. The van der Waals surface area contributed by atoms with E-state index in [4.69, 9.17) is 10.5 Å². The number of methoxy groups -OCH3 is 1. The van der Waals surface area contributed by atoms with E-state index in [2.05, 4.69) is 20.3 Å².